The topological polar surface area (TPSA) is 45.1 Å². The molecular weight excluding hydrogens is 220 g/mol. The molecule has 0 spiro atoms. The summed E-state index contributed by atoms with van der Waals surface area (Å²) in [6, 6.07) is 10.1. The summed E-state index contributed by atoms with van der Waals surface area (Å²) in [4.78, 5) is 5.57. The molecule has 0 fully saturated rings. The van der Waals surface area contributed by atoms with Gasteiger partial charge in [-0.1, -0.05) is 30.3 Å². The minimum absolute atomic E-state index is 0.171. The molecule has 0 aliphatic heterocycles. The van der Waals surface area contributed by atoms with E-state index in [0.717, 1.165) is 17.1 Å². The van der Waals surface area contributed by atoms with Crippen LogP contribution in [0.25, 0.3) is 10.6 Å². The number of aliphatic hydroxyl groups excluding tert-OH is 1. The van der Waals surface area contributed by atoms with Gasteiger partial charge in [-0.2, -0.15) is 0 Å². The molecule has 0 bridgehead atoms. The third-order valence-electron chi connectivity index (χ3n) is 2.16. The van der Waals surface area contributed by atoms with Crippen LogP contribution in [0.3, 0.4) is 0 Å². The second-order valence-electron chi connectivity index (χ2n) is 3.40. The van der Waals surface area contributed by atoms with Crippen molar-refractivity contribution in [3.63, 3.8) is 0 Å². The first-order chi connectivity index (χ1) is 7.90. The van der Waals surface area contributed by atoms with E-state index in [0.29, 0.717) is 6.54 Å². The van der Waals surface area contributed by atoms with E-state index in [9.17, 15) is 0 Å². The molecule has 0 aliphatic carbocycles. The van der Waals surface area contributed by atoms with E-state index >= 15 is 0 Å². The van der Waals surface area contributed by atoms with Crippen molar-refractivity contribution in [2.75, 3.05) is 13.2 Å². The number of hydrogen-bond donors (Lipinski definition) is 2. The number of nitrogens with one attached hydrogen (secondary N) is 1. The van der Waals surface area contributed by atoms with Crippen LogP contribution in [-0.2, 0) is 6.54 Å². The van der Waals surface area contributed by atoms with E-state index in [1.54, 1.807) is 11.3 Å². The third kappa shape index (κ3) is 2.88. The molecule has 0 atom stereocenters. The van der Waals surface area contributed by atoms with E-state index in [1.807, 2.05) is 24.4 Å². The van der Waals surface area contributed by atoms with E-state index in [2.05, 4.69) is 22.4 Å². The van der Waals surface area contributed by atoms with Crippen molar-refractivity contribution in [1.29, 1.82) is 0 Å². The Balaban J connectivity index is 2.02. The van der Waals surface area contributed by atoms with Gasteiger partial charge in [0.25, 0.3) is 0 Å². The summed E-state index contributed by atoms with van der Waals surface area (Å²) in [6.45, 7) is 1.56. The quantitative estimate of drug-likeness (QED) is 0.777. The highest BCUT2D eigenvalue weighted by atomic mass is 32.1. The molecule has 2 aromatic rings. The molecular formula is C12H14N2OS. The largest absolute Gasteiger partial charge is 0.395 e. The standard InChI is InChI=1S/C12H14N2OS/c15-7-6-13-8-11-9-14-12(16-11)10-4-2-1-3-5-10/h1-5,9,13,15H,6-8H2. The number of aromatic nitrogens is 1. The average Bonchev–Trinajstić information content (AvgIpc) is 2.79. The Morgan fingerprint density at radius 1 is 1.25 bits per heavy atom. The van der Waals surface area contributed by atoms with Crippen LogP contribution in [0.5, 0.6) is 0 Å². The molecule has 0 amide bonds. The Morgan fingerprint density at radius 3 is 2.81 bits per heavy atom. The molecule has 0 unspecified atom stereocenters. The van der Waals surface area contributed by atoms with Gasteiger partial charge in [-0.3, -0.25) is 0 Å². The van der Waals surface area contributed by atoms with Gasteiger partial charge in [0.05, 0.1) is 6.61 Å². The smallest absolute Gasteiger partial charge is 0.123 e. The summed E-state index contributed by atoms with van der Waals surface area (Å²) in [7, 11) is 0. The zero-order chi connectivity index (χ0) is 11.2. The Morgan fingerprint density at radius 2 is 2.06 bits per heavy atom. The molecule has 84 valence electrons. The molecule has 2 rings (SSSR count). The van der Waals surface area contributed by atoms with Crippen molar-refractivity contribution in [3.05, 3.63) is 41.4 Å². The van der Waals surface area contributed by atoms with Crippen LogP contribution in [-0.4, -0.2) is 23.2 Å². The van der Waals surface area contributed by atoms with E-state index in [4.69, 9.17) is 5.11 Å². The SMILES string of the molecule is OCCNCc1cnc(-c2ccccc2)s1. The molecule has 0 saturated heterocycles. The molecule has 16 heavy (non-hydrogen) atoms. The Kier molecular flexibility index (Phi) is 4.04. The minimum atomic E-state index is 0.171. The highest BCUT2D eigenvalue weighted by molar-refractivity contribution is 7.15. The zero-order valence-electron chi connectivity index (χ0n) is 8.89. The van der Waals surface area contributed by atoms with Gasteiger partial charge in [0.2, 0.25) is 0 Å². The van der Waals surface area contributed by atoms with Gasteiger partial charge >= 0.3 is 0 Å². The van der Waals surface area contributed by atoms with Crippen LogP contribution < -0.4 is 5.32 Å². The summed E-state index contributed by atoms with van der Waals surface area (Å²) in [5.41, 5.74) is 1.15. The van der Waals surface area contributed by atoms with Crippen LogP contribution in [0.4, 0.5) is 0 Å². The highest BCUT2D eigenvalue weighted by Gasteiger charge is 2.03. The maximum atomic E-state index is 8.65. The van der Waals surface area contributed by atoms with E-state index < -0.39 is 0 Å². The predicted octanol–water partition coefficient (Wildman–Crippen LogP) is 1.89. The van der Waals surface area contributed by atoms with Gasteiger partial charge in [-0.05, 0) is 0 Å². The average molecular weight is 234 g/mol. The zero-order valence-corrected chi connectivity index (χ0v) is 9.70. The normalized spacial score (nSPS) is 10.6. The first-order valence-electron chi connectivity index (χ1n) is 5.22. The number of aliphatic hydroxyl groups is 1. The van der Waals surface area contributed by atoms with Gasteiger partial charge in [0.1, 0.15) is 5.01 Å². The summed E-state index contributed by atoms with van der Waals surface area (Å²) in [5.74, 6) is 0. The Bertz CT molecular complexity index is 428. The van der Waals surface area contributed by atoms with Gasteiger partial charge in [0, 0.05) is 29.7 Å². The highest BCUT2D eigenvalue weighted by Crippen LogP contribution is 2.24. The molecule has 1 aromatic carbocycles. The Labute approximate surface area is 98.8 Å². The number of nitrogens with zero attached hydrogens (tertiary/aromatic N) is 1. The van der Waals surface area contributed by atoms with Crippen molar-refractivity contribution >= 4 is 11.3 Å². The summed E-state index contributed by atoms with van der Waals surface area (Å²) in [6.07, 6.45) is 1.89. The van der Waals surface area contributed by atoms with Gasteiger partial charge in [-0.15, -0.1) is 11.3 Å². The molecule has 1 heterocycles. The monoisotopic (exact) mass is 234 g/mol. The molecule has 4 heteroatoms. The van der Waals surface area contributed by atoms with Crippen molar-refractivity contribution in [1.82, 2.24) is 10.3 Å². The minimum Gasteiger partial charge on any atom is -0.395 e. The lowest BCUT2D eigenvalue weighted by Crippen LogP contribution is -2.16. The number of benzene rings is 1. The van der Waals surface area contributed by atoms with Crippen molar-refractivity contribution in [2.24, 2.45) is 0 Å². The fourth-order valence-corrected chi connectivity index (χ4v) is 2.28. The maximum Gasteiger partial charge on any atom is 0.123 e. The number of hydrogen-bond acceptors (Lipinski definition) is 4. The maximum absolute atomic E-state index is 8.65. The fraction of sp³-hybridized carbons (Fsp3) is 0.250. The van der Waals surface area contributed by atoms with Crippen LogP contribution >= 0.6 is 11.3 Å². The lowest BCUT2D eigenvalue weighted by Gasteiger charge is -1.97. The second-order valence-corrected chi connectivity index (χ2v) is 4.51. The molecule has 0 saturated carbocycles. The van der Waals surface area contributed by atoms with Crippen molar-refractivity contribution < 1.29 is 5.11 Å². The summed E-state index contributed by atoms with van der Waals surface area (Å²) < 4.78 is 0. The van der Waals surface area contributed by atoms with Gasteiger partial charge in [-0.25, -0.2) is 4.98 Å². The van der Waals surface area contributed by atoms with E-state index in [1.165, 1.54) is 4.88 Å². The lowest BCUT2D eigenvalue weighted by molar-refractivity contribution is 0.292. The molecule has 3 nitrogen and oxygen atoms in total. The predicted molar refractivity (Wildman–Crippen MR) is 66.3 cm³/mol. The van der Waals surface area contributed by atoms with E-state index in [-0.39, 0.29) is 6.61 Å². The van der Waals surface area contributed by atoms with Crippen LogP contribution in [0.15, 0.2) is 36.5 Å². The summed E-state index contributed by atoms with van der Waals surface area (Å²) in [5, 5.41) is 12.8. The van der Waals surface area contributed by atoms with Crippen molar-refractivity contribution in [2.45, 2.75) is 6.54 Å². The Hall–Kier alpha value is -1.23. The van der Waals surface area contributed by atoms with Crippen LogP contribution in [0, 0.1) is 0 Å². The van der Waals surface area contributed by atoms with Gasteiger partial charge < -0.3 is 10.4 Å². The fourth-order valence-electron chi connectivity index (χ4n) is 1.39. The van der Waals surface area contributed by atoms with Gasteiger partial charge in [0.15, 0.2) is 0 Å². The molecule has 0 radical (unpaired) electrons. The lowest BCUT2D eigenvalue weighted by atomic mass is 10.2. The van der Waals surface area contributed by atoms with Crippen LogP contribution in [0.2, 0.25) is 0 Å². The summed E-state index contributed by atoms with van der Waals surface area (Å²) >= 11 is 1.68. The molecule has 1 aromatic heterocycles. The van der Waals surface area contributed by atoms with Crippen molar-refractivity contribution in [3.8, 4) is 10.6 Å². The molecule has 2 N–H and O–H groups in total. The number of thiazole rings is 1. The van der Waals surface area contributed by atoms with Crippen LogP contribution in [0.1, 0.15) is 4.88 Å². The molecule has 0 aliphatic rings. The number of rotatable bonds is 5. The first kappa shape index (κ1) is 11.3. The first-order valence-corrected chi connectivity index (χ1v) is 6.03. The third-order valence-corrected chi connectivity index (χ3v) is 3.21. The second kappa shape index (κ2) is 5.75.